The van der Waals surface area contributed by atoms with Crippen LogP contribution < -0.4 is 15.4 Å². The first kappa shape index (κ1) is 19.7. The minimum absolute atomic E-state index is 0.617. The van der Waals surface area contributed by atoms with Crippen molar-refractivity contribution in [3.05, 3.63) is 52.7 Å². The van der Waals surface area contributed by atoms with Crippen molar-refractivity contribution < 1.29 is 4.74 Å². The Hall–Kier alpha value is -2.05. The number of nitrogens with one attached hydrogen (secondary N) is 2. The highest BCUT2D eigenvalue weighted by Gasteiger charge is 2.19. The van der Waals surface area contributed by atoms with Crippen LogP contribution in [0.15, 0.2) is 52.8 Å². The molecule has 0 bridgehead atoms. The molecule has 3 rings (SSSR count). The van der Waals surface area contributed by atoms with Gasteiger partial charge in [0.05, 0.1) is 6.54 Å². The second-order valence-corrected chi connectivity index (χ2v) is 7.87. The van der Waals surface area contributed by atoms with E-state index in [0.29, 0.717) is 12.5 Å². The third kappa shape index (κ3) is 6.88. The Morgan fingerprint density at radius 2 is 1.96 bits per heavy atom. The van der Waals surface area contributed by atoms with Crippen LogP contribution in [0.4, 0.5) is 0 Å². The first-order valence-electron chi connectivity index (χ1n) is 9.70. The Morgan fingerprint density at radius 1 is 1.15 bits per heavy atom. The summed E-state index contributed by atoms with van der Waals surface area (Å²) in [6.07, 6.45) is 2.49. The van der Waals surface area contributed by atoms with Crippen molar-refractivity contribution in [3.63, 3.8) is 0 Å². The Kier molecular flexibility index (Phi) is 7.99. The number of rotatable bonds is 8. The molecule has 0 aliphatic carbocycles. The number of thiophene rings is 1. The first-order valence-corrected chi connectivity index (χ1v) is 10.6. The van der Waals surface area contributed by atoms with E-state index in [4.69, 9.17) is 4.74 Å². The van der Waals surface area contributed by atoms with E-state index in [-0.39, 0.29) is 0 Å². The lowest BCUT2D eigenvalue weighted by Gasteiger charge is -2.32. The number of likely N-dealkylation sites (tertiary alicyclic amines) is 1. The molecule has 2 N–H and O–H groups in total. The largest absolute Gasteiger partial charge is 0.492 e. The number of hydrogen-bond donors (Lipinski definition) is 2. The molecular weight excluding hydrogens is 356 g/mol. The van der Waals surface area contributed by atoms with Crippen LogP contribution in [0.1, 0.15) is 17.7 Å². The van der Waals surface area contributed by atoms with Crippen LogP contribution in [0.3, 0.4) is 0 Å². The number of hydrogen-bond acceptors (Lipinski definition) is 4. The van der Waals surface area contributed by atoms with Gasteiger partial charge in [-0.15, -0.1) is 11.3 Å². The van der Waals surface area contributed by atoms with Gasteiger partial charge in [0.25, 0.3) is 0 Å². The Bertz CT molecular complexity index is 667. The number of nitrogens with zero attached hydrogens (tertiary/aromatic N) is 2. The van der Waals surface area contributed by atoms with Crippen LogP contribution in [0.25, 0.3) is 0 Å². The molecule has 2 aromatic rings. The maximum atomic E-state index is 5.70. The van der Waals surface area contributed by atoms with Gasteiger partial charge < -0.3 is 15.4 Å². The van der Waals surface area contributed by atoms with E-state index in [1.807, 2.05) is 48.7 Å². The van der Waals surface area contributed by atoms with E-state index in [1.54, 1.807) is 0 Å². The first-order chi connectivity index (χ1) is 13.3. The summed E-state index contributed by atoms with van der Waals surface area (Å²) in [7, 11) is 1.82. The fraction of sp³-hybridized carbons (Fsp3) is 0.476. The smallest absolute Gasteiger partial charge is 0.191 e. The second kappa shape index (κ2) is 10.9. The fourth-order valence-corrected chi connectivity index (χ4v) is 4.03. The highest BCUT2D eigenvalue weighted by atomic mass is 32.1. The standard InChI is InChI=1S/C21H30N4OS/c1-22-21(23-11-14-26-19-6-3-2-4-7-19)24-16-18-9-12-25(13-10-18)17-20-8-5-15-27-20/h2-8,15,18H,9-14,16-17H2,1H3,(H2,22,23,24). The maximum absolute atomic E-state index is 5.70. The highest BCUT2D eigenvalue weighted by Crippen LogP contribution is 2.20. The third-order valence-corrected chi connectivity index (χ3v) is 5.72. The molecule has 1 aliphatic rings. The van der Waals surface area contributed by atoms with Crippen LogP contribution >= 0.6 is 11.3 Å². The van der Waals surface area contributed by atoms with E-state index < -0.39 is 0 Å². The van der Waals surface area contributed by atoms with Crippen molar-refractivity contribution in [2.75, 3.05) is 39.8 Å². The van der Waals surface area contributed by atoms with Crippen molar-refractivity contribution in [1.29, 1.82) is 0 Å². The van der Waals surface area contributed by atoms with E-state index in [1.165, 1.54) is 30.8 Å². The van der Waals surface area contributed by atoms with Gasteiger partial charge in [-0.05, 0) is 55.4 Å². The van der Waals surface area contributed by atoms with Crippen molar-refractivity contribution in [2.45, 2.75) is 19.4 Å². The monoisotopic (exact) mass is 386 g/mol. The highest BCUT2D eigenvalue weighted by molar-refractivity contribution is 7.09. The number of benzene rings is 1. The van der Waals surface area contributed by atoms with Gasteiger partial charge in [0.1, 0.15) is 12.4 Å². The summed E-state index contributed by atoms with van der Waals surface area (Å²) in [5, 5.41) is 8.95. The number of para-hydroxylation sites is 1. The predicted molar refractivity (Wildman–Crippen MR) is 114 cm³/mol. The topological polar surface area (TPSA) is 48.9 Å². The van der Waals surface area contributed by atoms with Crippen LogP contribution in [0, 0.1) is 5.92 Å². The van der Waals surface area contributed by atoms with E-state index >= 15 is 0 Å². The minimum atomic E-state index is 0.617. The van der Waals surface area contributed by atoms with Crippen LogP contribution in [-0.2, 0) is 6.54 Å². The molecule has 2 heterocycles. The van der Waals surface area contributed by atoms with Crippen molar-refractivity contribution >= 4 is 17.3 Å². The van der Waals surface area contributed by atoms with Gasteiger partial charge >= 0.3 is 0 Å². The minimum Gasteiger partial charge on any atom is -0.492 e. The Morgan fingerprint density at radius 3 is 2.67 bits per heavy atom. The molecule has 0 atom stereocenters. The predicted octanol–water partition coefficient (Wildman–Crippen LogP) is 3.20. The average Bonchev–Trinajstić information content (AvgIpc) is 3.22. The van der Waals surface area contributed by atoms with Gasteiger partial charge in [-0.1, -0.05) is 24.3 Å². The second-order valence-electron chi connectivity index (χ2n) is 6.84. The summed E-state index contributed by atoms with van der Waals surface area (Å²) in [6.45, 7) is 5.79. The number of ether oxygens (including phenoxy) is 1. The van der Waals surface area contributed by atoms with Gasteiger partial charge in [-0.3, -0.25) is 9.89 Å². The molecule has 1 aromatic heterocycles. The zero-order valence-corrected chi connectivity index (χ0v) is 16.9. The fourth-order valence-electron chi connectivity index (χ4n) is 3.29. The summed E-state index contributed by atoms with van der Waals surface area (Å²) in [5.41, 5.74) is 0. The number of piperidine rings is 1. The molecule has 27 heavy (non-hydrogen) atoms. The summed E-state index contributed by atoms with van der Waals surface area (Å²) >= 11 is 1.85. The van der Waals surface area contributed by atoms with Gasteiger partial charge in [0, 0.05) is 25.0 Å². The molecule has 1 fully saturated rings. The van der Waals surface area contributed by atoms with E-state index in [0.717, 1.165) is 31.3 Å². The molecule has 0 amide bonds. The molecule has 1 aromatic carbocycles. The molecule has 5 nitrogen and oxygen atoms in total. The summed E-state index contributed by atoms with van der Waals surface area (Å²) in [5.74, 6) is 2.47. The molecule has 1 aliphatic heterocycles. The molecule has 1 saturated heterocycles. The normalized spacial score (nSPS) is 16.3. The van der Waals surface area contributed by atoms with Crippen molar-refractivity contribution in [1.82, 2.24) is 15.5 Å². The lowest BCUT2D eigenvalue weighted by molar-refractivity contribution is 0.179. The number of guanidine groups is 1. The zero-order chi connectivity index (χ0) is 18.7. The van der Waals surface area contributed by atoms with E-state index in [9.17, 15) is 0 Å². The van der Waals surface area contributed by atoms with Gasteiger partial charge in [0.2, 0.25) is 0 Å². The zero-order valence-electron chi connectivity index (χ0n) is 16.1. The molecular formula is C21H30N4OS. The van der Waals surface area contributed by atoms with Crippen molar-refractivity contribution in [2.24, 2.45) is 10.9 Å². The molecule has 0 saturated carbocycles. The van der Waals surface area contributed by atoms with Crippen LogP contribution in [-0.4, -0.2) is 50.7 Å². The van der Waals surface area contributed by atoms with E-state index in [2.05, 4.69) is 38.0 Å². The quantitative estimate of drug-likeness (QED) is 0.416. The van der Waals surface area contributed by atoms with Crippen LogP contribution in [0.2, 0.25) is 0 Å². The van der Waals surface area contributed by atoms with Gasteiger partial charge in [-0.2, -0.15) is 0 Å². The van der Waals surface area contributed by atoms with Gasteiger partial charge in [-0.25, -0.2) is 0 Å². The Balaban J connectivity index is 1.28. The van der Waals surface area contributed by atoms with Crippen LogP contribution in [0.5, 0.6) is 5.75 Å². The third-order valence-electron chi connectivity index (χ3n) is 4.85. The lowest BCUT2D eigenvalue weighted by atomic mass is 9.97. The molecule has 6 heteroatoms. The summed E-state index contributed by atoms with van der Waals surface area (Å²) in [6, 6.07) is 14.3. The molecule has 0 spiro atoms. The Labute approximate surface area is 166 Å². The number of aliphatic imine (C=N–C) groups is 1. The SMILES string of the molecule is CN=C(NCCOc1ccccc1)NCC1CCN(Cc2cccs2)CC1. The summed E-state index contributed by atoms with van der Waals surface area (Å²) in [4.78, 5) is 8.34. The summed E-state index contributed by atoms with van der Waals surface area (Å²) < 4.78 is 5.70. The lowest BCUT2D eigenvalue weighted by Crippen LogP contribution is -2.43. The van der Waals surface area contributed by atoms with Gasteiger partial charge in [0.15, 0.2) is 5.96 Å². The molecule has 0 unspecified atom stereocenters. The molecule has 0 radical (unpaired) electrons. The average molecular weight is 387 g/mol. The maximum Gasteiger partial charge on any atom is 0.191 e. The molecule has 146 valence electrons. The van der Waals surface area contributed by atoms with Crippen molar-refractivity contribution in [3.8, 4) is 5.75 Å².